The first kappa shape index (κ1) is 13.1. The van der Waals surface area contributed by atoms with Gasteiger partial charge in [-0.05, 0) is 45.0 Å². The highest BCUT2D eigenvalue weighted by Gasteiger charge is 2.32. The molecule has 1 atom stereocenters. The third-order valence-corrected chi connectivity index (χ3v) is 2.76. The molecule has 0 spiro atoms. The fraction of sp³-hybridized carbons (Fsp3) is 0.500. The van der Waals surface area contributed by atoms with Gasteiger partial charge in [0.05, 0.1) is 6.61 Å². The molecule has 1 saturated heterocycles. The van der Waals surface area contributed by atoms with Crippen molar-refractivity contribution in [1.29, 1.82) is 0 Å². The molecule has 1 fully saturated rings. The first-order valence-electron chi connectivity index (χ1n) is 6.02. The van der Waals surface area contributed by atoms with Crippen LogP contribution >= 0.6 is 0 Å². The maximum absolute atomic E-state index is 11.1. The van der Waals surface area contributed by atoms with Gasteiger partial charge in [0.1, 0.15) is 18.5 Å². The fourth-order valence-electron chi connectivity index (χ4n) is 1.82. The molecule has 1 aromatic carbocycles. The number of carbonyl (C=O) groups excluding carboxylic acids is 1. The predicted molar refractivity (Wildman–Crippen MR) is 66.8 cm³/mol. The molecular weight excluding hydrogens is 232 g/mol. The van der Waals surface area contributed by atoms with Gasteiger partial charge in [-0.2, -0.15) is 0 Å². The fourth-order valence-corrected chi connectivity index (χ4v) is 1.82. The van der Waals surface area contributed by atoms with Crippen LogP contribution in [0.4, 0.5) is 0 Å². The molecule has 98 valence electrons. The SMILES string of the molecule is CC(=O)c1ccc(OCC2COC(C)(C)O2)cc1. The van der Waals surface area contributed by atoms with Crippen LogP contribution in [0.1, 0.15) is 31.1 Å². The van der Waals surface area contributed by atoms with E-state index in [1.165, 1.54) is 0 Å². The second kappa shape index (κ2) is 5.08. The summed E-state index contributed by atoms with van der Waals surface area (Å²) in [6, 6.07) is 7.09. The molecule has 18 heavy (non-hydrogen) atoms. The van der Waals surface area contributed by atoms with Crippen LogP contribution in [-0.2, 0) is 9.47 Å². The lowest BCUT2D eigenvalue weighted by molar-refractivity contribution is -0.141. The monoisotopic (exact) mass is 250 g/mol. The van der Waals surface area contributed by atoms with E-state index in [0.717, 1.165) is 5.75 Å². The molecule has 1 heterocycles. The Labute approximate surface area is 107 Å². The minimum Gasteiger partial charge on any atom is -0.491 e. The van der Waals surface area contributed by atoms with Gasteiger partial charge in [-0.15, -0.1) is 0 Å². The van der Waals surface area contributed by atoms with Crippen molar-refractivity contribution in [2.75, 3.05) is 13.2 Å². The molecule has 0 amide bonds. The number of ether oxygens (including phenoxy) is 3. The zero-order valence-corrected chi connectivity index (χ0v) is 10.9. The standard InChI is InChI=1S/C14H18O4/c1-10(15)11-4-6-12(7-5-11)16-8-13-9-17-14(2,3)18-13/h4-7,13H,8-9H2,1-3H3. The molecule has 1 aliphatic rings. The quantitative estimate of drug-likeness (QED) is 0.770. The van der Waals surface area contributed by atoms with E-state index in [1.54, 1.807) is 31.2 Å². The van der Waals surface area contributed by atoms with Gasteiger partial charge in [0.2, 0.25) is 0 Å². The van der Waals surface area contributed by atoms with Crippen LogP contribution in [0, 0.1) is 0 Å². The molecule has 1 aromatic rings. The third-order valence-electron chi connectivity index (χ3n) is 2.76. The van der Waals surface area contributed by atoms with Crippen molar-refractivity contribution < 1.29 is 19.0 Å². The maximum atomic E-state index is 11.1. The lowest BCUT2D eigenvalue weighted by atomic mass is 10.1. The van der Waals surface area contributed by atoms with Crippen molar-refractivity contribution in [2.24, 2.45) is 0 Å². The summed E-state index contributed by atoms with van der Waals surface area (Å²) in [5, 5.41) is 0. The number of benzene rings is 1. The largest absolute Gasteiger partial charge is 0.491 e. The first-order valence-corrected chi connectivity index (χ1v) is 6.02. The Kier molecular flexibility index (Phi) is 3.68. The van der Waals surface area contributed by atoms with Crippen LogP contribution in [0.25, 0.3) is 0 Å². The molecule has 1 unspecified atom stereocenters. The van der Waals surface area contributed by atoms with Crippen molar-refractivity contribution in [3.8, 4) is 5.75 Å². The van der Waals surface area contributed by atoms with E-state index in [0.29, 0.717) is 18.8 Å². The van der Waals surface area contributed by atoms with E-state index in [2.05, 4.69) is 0 Å². The van der Waals surface area contributed by atoms with Gasteiger partial charge < -0.3 is 14.2 Å². The molecule has 4 heteroatoms. The van der Waals surface area contributed by atoms with Gasteiger partial charge in [-0.3, -0.25) is 4.79 Å². The molecule has 0 N–H and O–H groups in total. The van der Waals surface area contributed by atoms with E-state index in [-0.39, 0.29) is 11.9 Å². The Hall–Kier alpha value is -1.39. The Balaban J connectivity index is 1.85. The highest BCUT2D eigenvalue weighted by Crippen LogP contribution is 2.23. The zero-order valence-electron chi connectivity index (χ0n) is 10.9. The van der Waals surface area contributed by atoms with Crippen LogP contribution in [0.2, 0.25) is 0 Å². The zero-order chi connectivity index (χ0) is 13.2. The second-order valence-corrected chi connectivity index (χ2v) is 4.84. The predicted octanol–water partition coefficient (Wildman–Crippen LogP) is 2.42. The molecule has 1 aliphatic heterocycles. The molecule has 0 aliphatic carbocycles. The molecule has 0 radical (unpaired) electrons. The van der Waals surface area contributed by atoms with E-state index in [1.807, 2.05) is 13.8 Å². The van der Waals surface area contributed by atoms with E-state index >= 15 is 0 Å². The Morgan fingerprint density at radius 2 is 2.06 bits per heavy atom. The van der Waals surface area contributed by atoms with E-state index in [4.69, 9.17) is 14.2 Å². The van der Waals surface area contributed by atoms with Gasteiger partial charge in [-0.25, -0.2) is 0 Å². The highest BCUT2D eigenvalue weighted by atomic mass is 16.7. The number of rotatable bonds is 4. The molecule has 2 rings (SSSR count). The smallest absolute Gasteiger partial charge is 0.163 e. The van der Waals surface area contributed by atoms with Gasteiger partial charge in [-0.1, -0.05) is 0 Å². The van der Waals surface area contributed by atoms with Gasteiger partial charge >= 0.3 is 0 Å². The third kappa shape index (κ3) is 3.31. The van der Waals surface area contributed by atoms with Crippen molar-refractivity contribution in [1.82, 2.24) is 0 Å². The lowest BCUT2D eigenvalue weighted by Crippen LogP contribution is -2.25. The van der Waals surface area contributed by atoms with Gasteiger partial charge in [0.15, 0.2) is 11.6 Å². The summed E-state index contributed by atoms with van der Waals surface area (Å²) >= 11 is 0. The number of carbonyl (C=O) groups is 1. The summed E-state index contributed by atoms with van der Waals surface area (Å²) in [5.74, 6) is 0.260. The number of ketones is 1. The molecular formula is C14H18O4. The number of hydrogen-bond acceptors (Lipinski definition) is 4. The summed E-state index contributed by atoms with van der Waals surface area (Å²) in [5.41, 5.74) is 0.684. The van der Waals surface area contributed by atoms with Gasteiger partial charge in [0, 0.05) is 5.56 Å². The Morgan fingerprint density at radius 3 is 2.56 bits per heavy atom. The van der Waals surface area contributed by atoms with Crippen molar-refractivity contribution in [3.05, 3.63) is 29.8 Å². The molecule has 4 nitrogen and oxygen atoms in total. The van der Waals surface area contributed by atoms with Crippen LogP contribution in [0.3, 0.4) is 0 Å². The maximum Gasteiger partial charge on any atom is 0.163 e. The van der Waals surface area contributed by atoms with Gasteiger partial charge in [0.25, 0.3) is 0 Å². The van der Waals surface area contributed by atoms with Crippen molar-refractivity contribution in [3.63, 3.8) is 0 Å². The number of hydrogen-bond donors (Lipinski definition) is 0. The first-order chi connectivity index (χ1) is 8.46. The Morgan fingerprint density at radius 1 is 1.39 bits per heavy atom. The van der Waals surface area contributed by atoms with Crippen LogP contribution in [0.15, 0.2) is 24.3 Å². The summed E-state index contributed by atoms with van der Waals surface area (Å²) in [7, 11) is 0. The van der Waals surface area contributed by atoms with Crippen LogP contribution < -0.4 is 4.74 Å². The molecule has 0 bridgehead atoms. The van der Waals surface area contributed by atoms with E-state index in [9.17, 15) is 4.79 Å². The minimum absolute atomic E-state index is 0.0486. The van der Waals surface area contributed by atoms with E-state index < -0.39 is 5.79 Å². The average Bonchev–Trinajstić information content (AvgIpc) is 2.67. The highest BCUT2D eigenvalue weighted by molar-refractivity contribution is 5.94. The van der Waals surface area contributed by atoms with Crippen molar-refractivity contribution >= 4 is 5.78 Å². The summed E-state index contributed by atoms with van der Waals surface area (Å²) < 4.78 is 16.7. The van der Waals surface area contributed by atoms with Crippen LogP contribution in [-0.4, -0.2) is 30.9 Å². The topological polar surface area (TPSA) is 44.8 Å². The van der Waals surface area contributed by atoms with Crippen molar-refractivity contribution in [2.45, 2.75) is 32.7 Å². The van der Waals surface area contributed by atoms with Crippen LogP contribution in [0.5, 0.6) is 5.75 Å². The lowest BCUT2D eigenvalue weighted by Gasteiger charge is -2.17. The molecule has 0 saturated carbocycles. The summed E-state index contributed by atoms with van der Waals surface area (Å²) in [6.07, 6.45) is -0.0486. The number of Topliss-reactive ketones (excluding diaryl/α,β-unsaturated/α-hetero) is 1. The second-order valence-electron chi connectivity index (χ2n) is 4.84. The normalized spacial score (nSPS) is 21.8. The Bertz CT molecular complexity index is 422. The average molecular weight is 250 g/mol. The summed E-state index contributed by atoms with van der Waals surface area (Å²) in [6.45, 7) is 6.30. The summed E-state index contributed by atoms with van der Waals surface area (Å²) in [4.78, 5) is 11.1. The minimum atomic E-state index is -0.521. The molecule has 0 aromatic heterocycles.